The van der Waals surface area contributed by atoms with E-state index in [1.165, 1.54) is 0 Å². The lowest BCUT2D eigenvalue weighted by Crippen LogP contribution is -2.48. The van der Waals surface area contributed by atoms with Crippen molar-refractivity contribution in [3.63, 3.8) is 0 Å². The summed E-state index contributed by atoms with van der Waals surface area (Å²) in [6.45, 7) is 12.7. The van der Waals surface area contributed by atoms with Crippen molar-refractivity contribution in [1.29, 1.82) is 0 Å². The number of rotatable bonds is 9. The van der Waals surface area contributed by atoms with E-state index in [0.29, 0.717) is 4.90 Å². The highest BCUT2D eigenvalue weighted by atomic mass is 32.2. The minimum absolute atomic E-state index is 0.0655. The van der Waals surface area contributed by atoms with Gasteiger partial charge < -0.3 is 4.43 Å². The van der Waals surface area contributed by atoms with E-state index in [1.807, 2.05) is 26.8 Å². The number of sulfone groups is 1. The Morgan fingerprint density at radius 3 is 1.96 bits per heavy atom. The molecule has 0 radical (unpaired) electrons. The maximum Gasteiger partial charge on any atom is 0.192 e. The Kier molecular flexibility index (Phi) is 7.05. The van der Waals surface area contributed by atoms with Crippen molar-refractivity contribution < 1.29 is 12.8 Å². The molecule has 0 spiro atoms. The highest BCUT2D eigenvalue weighted by molar-refractivity contribution is 7.91. The van der Waals surface area contributed by atoms with Crippen LogP contribution in [0.25, 0.3) is 0 Å². The molecule has 0 N–H and O–H groups in total. The molecule has 0 aromatic heterocycles. The van der Waals surface area contributed by atoms with Gasteiger partial charge in [0, 0.05) is 0 Å². The van der Waals surface area contributed by atoms with Crippen LogP contribution in [0.2, 0.25) is 18.1 Å². The first-order chi connectivity index (χ1) is 10.6. The van der Waals surface area contributed by atoms with Crippen LogP contribution in [0.15, 0.2) is 35.2 Å². The van der Waals surface area contributed by atoms with Crippen molar-refractivity contribution in [2.24, 2.45) is 5.92 Å². The van der Waals surface area contributed by atoms with E-state index in [2.05, 4.69) is 20.8 Å². The summed E-state index contributed by atoms with van der Waals surface area (Å²) < 4.78 is 31.8. The molecule has 0 heterocycles. The van der Waals surface area contributed by atoms with Crippen molar-refractivity contribution >= 4 is 18.2 Å². The molecular formula is C18H32O3SSi. The fourth-order valence-corrected chi connectivity index (χ4v) is 7.95. The summed E-state index contributed by atoms with van der Waals surface area (Å²) >= 11 is 0. The van der Waals surface area contributed by atoms with Gasteiger partial charge in [-0.05, 0) is 50.0 Å². The second-order valence-corrected chi connectivity index (χ2v) is 13.7. The third-order valence-corrected chi connectivity index (χ3v) is 11.9. The van der Waals surface area contributed by atoms with Crippen LogP contribution in [0.3, 0.4) is 0 Å². The summed E-state index contributed by atoms with van der Waals surface area (Å²) in [5.74, 6) is 0.0512. The standard InChI is InChI=1S/C18H32O3SSi/c1-7-23(8-2,9-3)21-18(5,6)16(4)15-22(19,20)17-13-11-10-12-14-17/h10-14,16H,7-9,15H2,1-6H3/t16-/m0/s1. The van der Waals surface area contributed by atoms with E-state index >= 15 is 0 Å². The van der Waals surface area contributed by atoms with E-state index in [9.17, 15) is 8.42 Å². The summed E-state index contributed by atoms with van der Waals surface area (Å²) in [6, 6.07) is 11.9. The normalized spacial score (nSPS) is 14.7. The third-order valence-electron chi connectivity index (χ3n) is 5.17. The minimum atomic E-state index is -3.28. The molecule has 0 aliphatic heterocycles. The van der Waals surface area contributed by atoms with Gasteiger partial charge in [0.25, 0.3) is 0 Å². The predicted molar refractivity (Wildman–Crippen MR) is 100 cm³/mol. The molecular weight excluding hydrogens is 324 g/mol. The summed E-state index contributed by atoms with van der Waals surface area (Å²) in [4.78, 5) is 0.396. The lowest BCUT2D eigenvalue weighted by Gasteiger charge is -2.41. The zero-order valence-electron chi connectivity index (χ0n) is 15.4. The van der Waals surface area contributed by atoms with Gasteiger partial charge >= 0.3 is 0 Å². The van der Waals surface area contributed by atoms with Gasteiger partial charge in [-0.25, -0.2) is 8.42 Å². The fourth-order valence-electron chi connectivity index (χ4n) is 2.88. The molecule has 0 fully saturated rings. The van der Waals surface area contributed by atoms with Gasteiger partial charge in [-0.15, -0.1) is 0 Å². The van der Waals surface area contributed by atoms with E-state index < -0.39 is 23.8 Å². The van der Waals surface area contributed by atoms with Crippen LogP contribution in [0.1, 0.15) is 41.5 Å². The van der Waals surface area contributed by atoms with E-state index in [-0.39, 0.29) is 11.7 Å². The second kappa shape index (κ2) is 7.95. The second-order valence-electron chi connectivity index (χ2n) is 6.94. The highest BCUT2D eigenvalue weighted by Gasteiger charge is 2.39. The molecule has 0 bridgehead atoms. The van der Waals surface area contributed by atoms with Crippen LogP contribution in [0.4, 0.5) is 0 Å². The molecule has 23 heavy (non-hydrogen) atoms. The Morgan fingerprint density at radius 1 is 1.04 bits per heavy atom. The lowest BCUT2D eigenvalue weighted by molar-refractivity contribution is 0.0488. The van der Waals surface area contributed by atoms with Gasteiger partial charge in [-0.3, -0.25) is 0 Å². The maximum absolute atomic E-state index is 12.6. The van der Waals surface area contributed by atoms with Gasteiger partial charge in [-0.1, -0.05) is 45.9 Å². The third kappa shape index (κ3) is 5.16. The van der Waals surface area contributed by atoms with E-state index in [4.69, 9.17) is 4.43 Å². The molecule has 0 saturated carbocycles. The minimum Gasteiger partial charge on any atom is -0.412 e. The Hall–Kier alpha value is -0.653. The Balaban J connectivity index is 2.93. The Labute approximate surface area is 143 Å². The molecule has 1 rings (SSSR count). The molecule has 0 unspecified atom stereocenters. The van der Waals surface area contributed by atoms with Crippen LogP contribution in [0.5, 0.6) is 0 Å². The van der Waals surface area contributed by atoms with Gasteiger partial charge in [-0.2, -0.15) is 0 Å². The predicted octanol–water partition coefficient (Wildman–Crippen LogP) is 4.90. The molecule has 0 aliphatic carbocycles. The topological polar surface area (TPSA) is 43.4 Å². The van der Waals surface area contributed by atoms with E-state index in [1.54, 1.807) is 24.3 Å². The Morgan fingerprint density at radius 2 is 1.52 bits per heavy atom. The number of hydrogen-bond acceptors (Lipinski definition) is 3. The molecule has 132 valence electrons. The largest absolute Gasteiger partial charge is 0.412 e. The molecule has 0 amide bonds. The Bertz CT molecular complexity index is 569. The SMILES string of the molecule is CC[Si](CC)(CC)OC(C)(C)[C@@H](C)CS(=O)(=O)c1ccccc1. The lowest BCUT2D eigenvalue weighted by atomic mass is 9.95. The molecule has 1 aromatic rings. The smallest absolute Gasteiger partial charge is 0.192 e. The zero-order chi connectivity index (χ0) is 17.7. The average molecular weight is 357 g/mol. The molecule has 0 saturated heterocycles. The van der Waals surface area contributed by atoms with Crippen LogP contribution in [-0.4, -0.2) is 28.1 Å². The first-order valence-electron chi connectivity index (χ1n) is 8.60. The van der Waals surface area contributed by atoms with E-state index in [0.717, 1.165) is 18.1 Å². The number of benzene rings is 1. The monoisotopic (exact) mass is 356 g/mol. The zero-order valence-corrected chi connectivity index (χ0v) is 17.2. The summed E-state index contributed by atoms with van der Waals surface area (Å²) in [6.07, 6.45) is 0. The van der Waals surface area contributed by atoms with Crippen molar-refractivity contribution in [3.8, 4) is 0 Å². The molecule has 3 nitrogen and oxygen atoms in total. The average Bonchev–Trinajstić information content (AvgIpc) is 2.53. The van der Waals surface area contributed by atoms with Crippen molar-refractivity contribution in [3.05, 3.63) is 30.3 Å². The van der Waals surface area contributed by atoms with Gasteiger partial charge in [0.2, 0.25) is 0 Å². The van der Waals surface area contributed by atoms with Gasteiger partial charge in [0.1, 0.15) is 0 Å². The fraction of sp³-hybridized carbons (Fsp3) is 0.667. The molecule has 1 aromatic carbocycles. The first kappa shape index (κ1) is 20.4. The van der Waals surface area contributed by atoms with Crippen LogP contribution < -0.4 is 0 Å². The molecule has 0 aliphatic rings. The molecule has 5 heteroatoms. The van der Waals surface area contributed by atoms with Crippen molar-refractivity contribution in [1.82, 2.24) is 0 Å². The maximum atomic E-state index is 12.6. The number of hydrogen-bond donors (Lipinski definition) is 0. The van der Waals surface area contributed by atoms with Crippen LogP contribution in [-0.2, 0) is 14.3 Å². The quantitative estimate of drug-likeness (QED) is 0.591. The van der Waals surface area contributed by atoms with Crippen LogP contribution >= 0.6 is 0 Å². The summed E-state index contributed by atoms with van der Waals surface area (Å²) in [7, 11) is -5.05. The van der Waals surface area contributed by atoms with Crippen molar-refractivity contribution in [2.45, 2.75) is 70.2 Å². The van der Waals surface area contributed by atoms with Crippen LogP contribution in [0, 0.1) is 5.92 Å². The highest BCUT2D eigenvalue weighted by Crippen LogP contribution is 2.33. The van der Waals surface area contributed by atoms with Gasteiger partial charge in [0.05, 0.1) is 16.2 Å². The van der Waals surface area contributed by atoms with Gasteiger partial charge in [0.15, 0.2) is 18.2 Å². The first-order valence-corrected chi connectivity index (χ1v) is 12.8. The summed E-state index contributed by atoms with van der Waals surface area (Å²) in [5.41, 5.74) is -0.434. The molecule has 1 atom stereocenters. The summed E-state index contributed by atoms with van der Waals surface area (Å²) in [5, 5.41) is 0. The van der Waals surface area contributed by atoms with Crippen molar-refractivity contribution in [2.75, 3.05) is 5.75 Å².